The van der Waals surface area contributed by atoms with Crippen molar-refractivity contribution in [2.75, 3.05) is 6.61 Å². The average Bonchev–Trinajstić information content (AvgIpc) is 2.42. The molecule has 2 aromatic rings. The molecule has 20 heavy (non-hydrogen) atoms. The quantitative estimate of drug-likeness (QED) is 0.872. The van der Waals surface area contributed by atoms with Gasteiger partial charge in [0.2, 0.25) is 0 Å². The van der Waals surface area contributed by atoms with Crippen molar-refractivity contribution in [1.29, 1.82) is 0 Å². The summed E-state index contributed by atoms with van der Waals surface area (Å²) >= 11 is 0. The standard InChI is InChI=1S/C16H12F2O2/c17-14-5-1-3-13(8-14)11-20-16-9-12(4-2-6-19)7-15(18)10-16/h1,3,5,7-10,19H,6,11H2. The van der Waals surface area contributed by atoms with E-state index in [0.717, 1.165) is 0 Å². The Hall–Kier alpha value is -2.38. The van der Waals surface area contributed by atoms with Crippen molar-refractivity contribution in [3.63, 3.8) is 0 Å². The van der Waals surface area contributed by atoms with Gasteiger partial charge in [-0.2, -0.15) is 0 Å². The van der Waals surface area contributed by atoms with Crippen LogP contribution < -0.4 is 4.74 Å². The van der Waals surface area contributed by atoms with Gasteiger partial charge in [0.1, 0.15) is 30.6 Å². The van der Waals surface area contributed by atoms with E-state index >= 15 is 0 Å². The lowest BCUT2D eigenvalue weighted by Gasteiger charge is -2.07. The first kappa shape index (κ1) is 14.0. The molecule has 0 aliphatic heterocycles. The molecule has 0 amide bonds. The van der Waals surface area contributed by atoms with E-state index in [1.165, 1.54) is 24.3 Å². The number of aliphatic hydroxyl groups is 1. The predicted molar refractivity (Wildman–Crippen MR) is 71.1 cm³/mol. The third-order valence-electron chi connectivity index (χ3n) is 2.48. The lowest BCUT2D eigenvalue weighted by Crippen LogP contribution is -1.97. The summed E-state index contributed by atoms with van der Waals surface area (Å²) in [6.07, 6.45) is 0. The number of hydrogen-bond acceptors (Lipinski definition) is 2. The summed E-state index contributed by atoms with van der Waals surface area (Å²) in [4.78, 5) is 0. The SMILES string of the molecule is OCC#Cc1cc(F)cc(OCc2cccc(F)c2)c1. The van der Waals surface area contributed by atoms with Gasteiger partial charge < -0.3 is 9.84 Å². The molecule has 0 aliphatic rings. The Morgan fingerprint density at radius 2 is 1.90 bits per heavy atom. The van der Waals surface area contributed by atoms with Crippen LogP contribution >= 0.6 is 0 Å². The number of hydrogen-bond donors (Lipinski definition) is 1. The summed E-state index contributed by atoms with van der Waals surface area (Å²) in [7, 11) is 0. The fourth-order valence-corrected chi connectivity index (χ4v) is 1.65. The molecule has 2 nitrogen and oxygen atoms in total. The fourth-order valence-electron chi connectivity index (χ4n) is 1.65. The first-order chi connectivity index (χ1) is 9.67. The lowest BCUT2D eigenvalue weighted by atomic mass is 10.2. The summed E-state index contributed by atoms with van der Waals surface area (Å²) < 4.78 is 31.8. The van der Waals surface area contributed by atoms with Crippen LogP contribution in [0.3, 0.4) is 0 Å². The second kappa shape index (κ2) is 6.69. The fraction of sp³-hybridized carbons (Fsp3) is 0.125. The van der Waals surface area contributed by atoms with Crippen molar-refractivity contribution in [3.8, 4) is 17.6 Å². The summed E-state index contributed by atoms with van der Waals surface area (Å²) in [6, 6.07) is 10.0. The monoisotopic (exact) mass is 274 g/mol. The van der Waals surface area contributed by atoms with Crippen molar-refractivity contribution in [2.24, 2.45) is 0 Å². The van der Waals surface area contributed by atoms with Crippen molar-refractivity contribution in [2.45, 2.75) is 6.61 Å². The van der Waals surface area contributed by atoms with Gasteiger partial charge in [0.25, 0.3) is 0 Å². The van der Waals surface area contributed by atoms with Crippen LogP contribution in [0.4, 0.5) is 8.78 Å². The Bertz CT molecular complexity index is 657. The Labute approximate surface area is 115 Å². The summed E-state index contributed by atoms with van der Waals surface area (Å²) in [5.41, 5.74) is 1.06. The zero-order valence-corrected chi connectivity index (χ0v) is 10.6. The molecule has 0 fully saturated rings. The van der Waals surface area contributed by atoms with Crippen molar-refractivity contribution in [1.82, 2.24) is 0 Å². The zero-order valence-electron chi connectivity index (χ0n) is 10.6. The van der Waals surface area contributed by atoms with Gasteiger partial charge in [0.15, 0.2) is 0 Å². The average molecular weight is 274 g/mol. The van der Waals surface area contributed by atoms with Crippen LogP contribution in [0.25, 0.3) is 0 Å². The Kier molecular flexibility index (Phi) is 4.70. The van der Waals surface area contributed by atoms with E-state index in [9.17, 15) is 8.78 Å². The minimum Gasteiger partial charge on any atom is -0.489 e. The molecule has 0 heterocycles. The van der Waals surface area contributed by atoms with Crippen LogP contribution in [0.2, 0.25) is 0 Å². The van der Waals surface area contributed by atoms with E-state index in [1.807, 2.05) is 0 Å². The number of halogens is 2. The highest BCUT2D eigenvalue weighted by atomic mass is 19.1. The van der Waals surface area contributed by atoms with Crippen LogP contribution in [0.15, 0.2) is 42.5 Å². The Morgan fingerprint density at radius 1 is 1.05 bits per heavy atom. The summed E-state index contributed by atoms with van der Waals surface area (Å²) in [5.74, 6) is 4.51. The van der Waals surface area contributed by atoms with Gasteiger partial charge in [-0.15, -0.1) is 0 Å². The van der Waals surface area contributed by atoms with Gasteiger partial charge in [-0.05, 0) is 29.8 Å². The van der Waals surface area contributed by atoms with Gasteiger partial charge >= 0.3 is 0 Å². The van der Waals surface area contributed by atoms with Crippen molar-refractivity contribution < 1.29 is 18.6 Å². The molecule has 2 aromatic carbocycles. The van der Waals surface area contributed by atoms with Gasteiger partial charge in [-0.1, -0.05) is 24.0 Å². The number of ether oxygens (including phenoxy) is 1. The Morgan fingerprint density at radius 3 is 2.65 bits per heavy atom. The molecule has 0 atom stereocenters. The molecule has 0 unspecified atom stereocenters. The minimum absolute atomic E-state index is 0.133. The molecule has 0 bridgehead atoms. The summed E-state index contributed by atoms with van der Waals surface area (Å²) in [6.45, 7) is -0.163. The van der Waals surface area contributed by atoms with Crippen molar-refractivity contribution in [3.05, 3.63) is 65.2 Å². The number of benzene rings is 2. The maximum Gasteiger partial charge on any atom is 0.128 e. The van der Waals surface area contributed by atoms with Crippen LogP contribution in [-0.2, 0) is 6.61 Å². The zero-order chi connectivity index (χ0) is 14.4. The van der Waals surface area contributed by atoms with Crippen molar-refractivity contribution >= 4 is 0 Å². The first-order valence-corrected chi connectivity index (χ1v) is 5.95. The number of rotatable bonds is 3. The molecule has 0 aliphatic carbocycles. The molecular weight excluding hydrogens is 262 g/mol. The molecular formula is C16H12F2O2. The molecule has 0 saturated heterocycles. The molecule has 1 N–H and O–H groups in total. The van der Waals surface area contributed by atoms with Gasteiger partial charge in [0, 0.05) is 11.6 Å². The summed E-state index contributed by atoms with van der Waals surface area (Å²) in [5, 5.41) is 8.61. The normalized spacial score (nSPS) is 9.75. The van der Waals surface area contributed by atoms with Crippen LogP contribution in [0.5, 0.6) is 5.75 Å². The van der Waals surface area contributed by atoms with E-state index in [2.05, 4.69) is 11.8 Å². The van der Waals surface area contributed by atoms with E-state index in [-0.39, 0.29) is 19.0 Å². The molecule has 2 rings (SSSR count). The minimum atomic E-state index is -0.482. The molecule has 0 aromatic heterocycles. The second-order valence-corrected chi connectivity index (χ2v) is 4.05. The highest BCUT2D eigenvalue weighted by Gasteiger charge is 2.02. The molecule has 0 saturated carbocycles. The lowest BCUT2D eigenvalue weighted by molar-refractivity contribution is 0.304. The third-order valence-corrected chi connectivity index (χ3v) is 2.48. The maximum atomic E-state index is 13.4. The maximum absolute atomic E-state index is 13.4. The second-order valence-electron chi connectivity index (χ2n) is 4.05. The largest absolute Gasteiger partial charge is 0.489 e. The van der Waals surface area contributed by atoms with E-state index in [4.69, 9.17) is 9.84 Å². The Balaban J connectivity index is 2.11. The van der Waals surface area contributed by atoms with Gasteiger partial charge in [-0.3, -0.25) is 0 Å². The van der Waals surface area contributed by atoms with Gasteiger partial charge in [-0.25, -0.2) is 8.78 Å². The highest BCUT2D eigenvalue weighted by Crippen LogP contribution is 2.17. The number of aliphatic hydroxyl groups excluding tert-OH is 1. The van der Waals surface area contributed by atoms with Crippen LogP contribution in [0, 0.1) is 23.5 Å². The van der Waals surface area contributed by atoms with Crippen LogP contribution in [0.1, 0.15) is 11.1 Å². The predicted octanol–water partition coefficient (Wildman–Crippen LogP) is 2.89. The smallest absolute Gasteiger partial charge is 0.128 e. The molecule has 4 heteroatoms. The van der Waals surface area contributed by atoms with Gasteiger partial charge in [0.05, 0.1) is 0 Å². The topological polar surface area (TPSA) is 29.5 Å². The molecule has 0 spiro atoms. The molecule has 0 radical (unpaired) electrons. The molecule has 102 valence electrons. The van der Waals surface area contributed by atoms with Crippen LogP contribution in [-0.4, -0.2) is 11.7 Å². The van der Waals surface area contributed by atoms with E-state index in [0.29, 0.717) is 16.9 Å². The third kappa shape index (κ3) is 4.08. The van der Waals surface area contributed by atoms with E-state index in [1.54, 1.807) is 18.2 Å². The highest BCUT2D eigenvalue weighted by molar-refractivity contribution is 5.40. The van der Waals surface area contributed by atoms with E-state index < -0.39 is 5.82 Å². The first-order valence-electron chi connectivity index (χ1n) is 5.95.